The van der Waals surface area contributed by atoms with E-state index in [1.807, 2.05) is 4.90 Å². The van der Waals surface area contributed by atoms with Crippen LogP contribution in [0.5, 0.6) is 5.75 Å². The first-order valence-corrected chi connectivity index (χ1v) is 11.4. The fourth-order valence-electron chi connectivity index (χ4n) is 4.02. The van der Waals surface area contributed by atoms with Gasteiger partial charge in [-0.3, -0.25) is 4.79 Å². The lowest BCUT2D eigenvalue weighted by Crippen LogP contribution is -2.50. The molecule has 0 bridgehead atoms. The Morgan fingerprint density at radius 2 is 1.67 bits per heavy atom. The smallest absolute Gasteiger partial charge is 0.244 e. The summed E-state index contributed by atoms with van der Waals surface area (Å²) < 4.78 is 34.1. The molecular weight excluding hydrogens is 468 g/mol. The highest BCUT2D eigenvalue weighted by Gasteiger charge is 2.25. The number of aromatic nitrogens is 5. The second kappa shape index (κ2) is 10.1. The number of rotatable bonds is 6. The number of amides is 1. The summed E-state index contributed by atoms with van der Waals surface area (Å²) in [5.41, 5.74) is 1.13. The van der Waals surface area contributed by atoms with Crippen molar-refractivity contribution in [3.05, 3.63) is 72.6 Å². The lowest BCUT2D eigenvalue weighted by atomic mass is 10.2. The minimum absolute atomic E-state index is 0.0518. The van der Waals surface area contributed by atoms with Crippen LogP contribution in [0.1, 0.15) is 0 Å². The molecule has 1 saturated heterocycles. The number of hydrogen-bond donors (Lipinski definition) is 0. The van der Waals surface area contributed by atoms with Gasteiger partial charge < -0.3 is 14.5 Å². The molecule has 1 amide bonds. The highest BCUT2D eigenvalue weighted by atomic mass is 19.1. The van der Waals surface area contributed by atoms with E-state index in [0.29, 0.717) is 54.9 Å². The van der Waals surface area contributed by atoms with E-state index in [2.05, 4.69) is 20.1 Å². The summed E-state index contributed by atoms with van der Waals surface area (Å²) >= 11 is 0. The highest BCUT2D eigenvalue weighted by Crippen LogP contribution is 2.28. The number of carbonyl (C=O) groups is 1. The minimum atomic E-state index is -0.512. The van der Waals surface area contributed by atoms with Crippen molar-refractivity contribution in [3.8, 4) is 28.5 Å². The van der Waals surface area contributed by atoms with E-state index in [1.54, 1.807) is 41.6 Å². The van der Waals surface area contributed by atoms with E-state index in [4.69, 9.17) is 4.74 Å². The molecule has 0 atom stereocenters. The number of nitrogens with zero attached hydrogens (tertiary/aromatic N) is 7. The Labute approximate surface area is 206 Å². The van der Waals surface area contributed by atoms with Crippen LogP contribution < -0.4 is 9.64 Å². The van der Waals surface area contributed by atoms with Gasteiger partial charge in [0.2, 0.25) is 11.9 Å². The summed E-state index contributed by atoms with van der Waals surface area (Å²) in [6, 6.07) is 11.9. The molecule has 5 rings (SSSR count). The number of carbonyl (C=O) groups excluding carboxylic acids is 1. The maximum atomic E-state index is 14.0. The van der Waals surface area contributed by atoms with Crippen LogP contribution in [0, 0.1) is 11.6 Å². The van der Waals surface area contributed by atoms with Crippen LogP contribution in [0.15, 0.2) is 60.9 Å². The van der Waals surface area contributed by atoms with Crippen molar-refractivity contribution in [1.82, 2.24) is 29.6 Å². The monoisotopic (exact) mass is 491 g/mol. The summed E-state index contributed by atoms with van der Waals surface area (Å²) in [5.74, 6) is 0.367. The molecule has 0 unspecified atom stereocenters. The van der Waals surface area contributed by atoms with Crippen LogP contribution in [0.25, 0.3) is 22.8 Å². The van der Waals surface area contributed by atoms with Gasteiger partial charge >= 0.3 is 0 Å². The van der Waals surface area contributed by atoms with Crippen molar-refractivity contribution in [2.75, 3.05) is 38.2 Å². The van der Waals surface area contributed by atoms with Crippen molar-refractivity contribution >= 4 is 11.9 Å². The number of benzene rings is 2. The molecule has 184 valence electrons. The standard InChI is InChI=1S/C25H23F2N7O2/c1-36-21-15-18(5-8-20(21)27)24-30-23(17-3-6-19(26)7-4-17)31-34(24)16-22(35)32-11-13-33(14-12-32)25-28-9-2-10-29-25/h2-10,15H,11-14,16H2,1H3. The molecule has 1 aliphatic rings. The number of piperazine rings is 1. The Bertz CT molecular complexity index is 1350. The normalized spacial score (nSPS) is 13.6. The van der Waals surface area contributed by atoms with Gasteiger partial charge in [-0.1, -0.05) is 0 Å². The van der Waals surface area contributed by atoms with Crippen molar-refractivity contribution in [3.63, 3.8) is 0 Å². The zero-order valence-electron chi connectivity index (χ0n) is 19.5. The molecule has 0 radical (unpaired) electrons. The predicted octanol–water partition coefficient (Wildman–Crippen LogP) is 3.04. The summed E-state index contributed by atoms with van der Waals surface area (Å²) in [6.45, 7) is 2.17. The van der Waals surface area contributed by atoms with Gasteiger partial charge in [0.1, 0.15) is 12.4 Å². The average Bonchev–Trinajstić information content (AvgIpc) is 3.33. The third-order valence-corrected chi connectivity index (χ3v) is 5.94. The molecule has 4 aromatic rings. The van der Waals surface area contributed by atoms with Gasteiger partial charge in [0.15, 0.2) is 23.2 Å². The van der Waals surface area contributed by atoms with Crippen LogP contribution in [0.4, 0.5) is 14.7 Å². The van der Waals surface area contributed by atoms with E-state index < -0.39 is 5.82 Å². The summed E-state index contributed by atoms with van der Waals surface area (Å²) in [6.07, 6.45) is 3.38. The molecule has 0 saturated carbocycles. The molecule has 0 spiro atoms. The second-order valence-corrected chi connectivity index (χ2v) is 8.19. The molecule has 36 heavy (non-hydrogen) atoms. The molecule has 11 heteroatoms. The van der Waals surface area contributed by atoms with Gasteiger partial charge in [0, 0.05) is 49.7 Å². The molecule has 2 aromatic heterocycles. The van der Waals surface area contributed by atoms with Gasteiger partial charge in [0.05, 0.1) is 7.11 Å². The topological polar surface area (TPSA) is 89.3 Å². The maximum Gasteiger partial charge on any atom is 0.244 e. The molecule has 0 N–H and O–H groups in total. The number of hydrogen-bond acceptors (Lipinski definition) is 7. The van der Waals surface area contributed by atoms with Crippen LogP contribution >= 0.6 is 0 Å². The summed E-state index contributed by atoms with van der Waals surface area (Å²) in [7, 11) is 1.38. The van der Waals surface area contributed by atoms with Crippen molar-refractivity contribution in [1.29, 1.82) is 0 Å². The predicted molar refractivity (Wildman–Crippen MR) is 128 cm³/mol. The van der Waals surface area contributed by atoms with E-state index in [0.717, 1.165) is 0 Å². The lowest BCUT2D eigenvalue weighted by Gasteiger charge is -2.34. The Morgan fingerprint density at radius 1 is 0.972 bits per heavy atom. The van der Waals surface area contributed by atoms with E-state index in [-0.39, 0.29) is 24.0 Å². The molecule has 9 nitrogen and oxygen atoms in total. The van der Waals surface area contributed by atoms with Crippen molar-refractivity contribution < 1.29 is 18.3 Å². The van der Waals surface area contributed by atoms with Crippen LogP contribution in [-0.2, 0) is 11.3 Å². The van der Waals surface area contributed by atoms with Gasteiger partial charge in [-0.15, -0.1) is 5.10 Å². The molecule has 0 aliphatic carbocycles. The molecule has 2 aromatic carbocycles. The maximum absolute atomic E-state index is 14.0. The van der Waals surface area contributed by atoms with Gasteiger partial charge in [-0.2, -0.15) is 0 Å². The first-order valence-electron chi connectivity index (χ1n) is 11.4. The van der Waals surface area contributed by atoms with Crippen molar-refractivity contribution in [2.45, 2.75) is 6.54 Å². The fourth-order valence-corrected chi connectivity index (χ4v) is 4.02. The number of methoxy groups -OCH3 is 1. The number of halogens is 2. The van der Waals surface area contributed by atoms with Gasteiger partial charge in [-0.25, -0.2) is 28.4 Å². The first kappa shape index (κ1) is 23.3. The SMILES string of the molecule is COc1cc(-c2nc(-c3ccc(F)cc3)nn2CC(=O)N2CCN(c3ncccn3)CC2)ccc1F. The quantitative estimate of drug-likeness (QED) is 0.410. The van der Waals surface area contributed by atoms with Gasteiger partial charge in [0.25, 0.3) is 0 Å². The zero-order valence-corrected chi connectivity index (χ0v) is 19.5. The highest BCUT2D eigenvalue weighted by molar-refractivity contribution is 5.77. The second-order valence-electron chi connectivity index (χ2n) is 8.19. The summed E-state index contributed by atoms with van der Waals surface area (Å²) in [4.78, 5) is 30.1. The Kier molecular flexibility index (Phi) is 6.52. The van der Waals surface area contributed by atoms with Gasteiger partial charge in [-0.05, 0) is 48.5 Å². The Morgan fingerprint density at radius 3 is 2.36 bits per heavy atom. The fraction of sp³-hybridized carbons (Fsp3) is 0.240. The number of ether oxygens (including phenoxy) is 1. The largest absolute Gasteiger partial charge is 0.494 e. The summed E-state index contributed by atoms with van der Waals surface area (Å²) in [5, 5.41) is 4.53. The third-order valence-electron chi connectivity index (χ3n) is 5.94. The molecule has 1 aliphatic heterocycles. The minimum Gasteiger partial charge on any atom is -0.494 e. The average molecular weight is 492 g/mol. The van der Waals surface area contributed by atoms with Crippen LogP contribution in [0.3, 0.4) is 0 Å². The van der Waals surface area contributed by atoms with E-state index in [1.165, 1.54) is 36.1 Å². The zero-order chi connectivity index (χ0) is 25.1. The molecule has 3 heterocycles. The first-order chi connectivity index (χ1) is 17.5. The Balaban J connectivity index is 1.39. The molecule has 1 fully saturated rings. The number of anilines is 1. The lowest BCUT2D eigenvalue weighted by molar-refractivity contribution is -0.132. The third kappa shape index (κ3) is 4.85. The van der Waals surface area contributed by atoms with Crippen LogP contribution in [0.2, 0.25) is 0 Å². The Hall–Kier alpha value is -4.41. The molecular formula is C25H23F2N7O2. The van der Waals surface area contributed by atoms with Crippen LogP contribution in [-0.4, -0.2) is 68.8 Å². The van der Waals surface area contributed by atoms with E-state index >= 15 is 0 Å². The van der Waals surface area contributed by atoms with E-state index in [9.17, 15) is 13.6 Å². The van der Waals surface area contributed by atoms with Crippen molar-refractivity contribution in [2.24, 2.45) is 0 Å².